The molecule has 2 aliphatic heterocycles. The molecule has 0 bridgehead atoms. The van der Waals surface area contributed by atoms with Crippen molar-refractivity contribution in [2.24, 2.45) is 9.98 Å². The van der Waals surface area contributed by atoms with Gasteiger partial charge in [0.25, 0.3) is 12.9 Å². The Bertz CT molecular complexity index is 2310. The summed E-state index contributed by atoms with van der Waals surface area (Å²) in [6, 6.07) is 22.4. The number of nitrogens with zero attached hydrogens (tertiary/aromatic N) is 8. The molecule has 0 saturated heterocycles. The van der Waals surface area contributed by atoms with Crippen LogP contribution in [0.5, 0.6) is 0 Å². The van der Waals surface area contributed by atoms with Crippen LogP contribution < -0.4 is 5.46 Å². The van der Waals surface area contributed by atoms with Gasteiger partial charge in [0.15, 0.2) is 0 Å². The largest absolute Gasteiger partial charge is 0.488 e. The number of rotatable bonds is 8. The molecule has 0 radical (unpaired) electrons. The fourth-order valence-corrected chi connectivity index (χ4v) is 6.40. The second kappa shape index (κ2) is 17.2. The van der Waals surface area contributed by atoms with Crippen molar-refractivity contribution in [1.29, 1.82) is 0 Å². The van der Waals surface area contributed by atoms with Gasteiger partial charge in [-0.1, -0.05) is 42.5 Å². The van der Waals surface area contributed by atoms with Gasteiger partial charge >= 0.3 is 7.12 Å². The quantitative estimate of drug-likeness (QED) is 0.130. The van der Waals surface area contributed by atoms with E-state index in [1.54, 1.807) is 24.4 Å². The minimum Gasteiger partial charge on any atom is -0.423 e. The molecule has 0 atom stereocenters. The van der Waals surface area contributed by atoms with Gasteiger partial charge in [-0.2, -0.15) is 0 Å². The van der Waals surface area contributed by atoms with Crippen molar-refractivity contribution in [1.82, 2.24) is 29.1 Å². The number of hydrogen-bond acceptors (Lipinski definition) is 8. The lowest BCUT2D eigenvalue weighted by atomic mass is 9.79. The smallest absolute Gasteiger partial charge is 0.423 e. The molecule has 0 spiro atoms. The Balaban J connectivity index is 0.000000148. The van der Waals surface area contributed by atoms with E-state index >= 15 is 0 Å². The Morgan fingerprint density at radius 2 is 1.24 bits per heavy atom. The van der Waals surface area contributed by atoms with Gasteiger partial charge in [-0.05, 0) is 87.8 Å². The van der Waals surface area contributed by atoms with Gasteiger partial charge in [0.2, 0.25) is 0 Å². The van der Waals surface area contributed by atoms with E-state index in [0.29, 0.717) is 51.6 Å². The van der Waals surface area contributed by atoms with Gasteiger partial charge in [0.1, 0.15) is 16.0 Å². The molecule has 0 amide bonds. The number of aryl methyl sites for hydroxylation is 2. The minimum atomic E-state index is -2.46. The van der Waals surface area contributed by atoms with Gasteiger partial charge in [0.05, 0.1) is 55.9 Å². The van der Waals surface area contributed by atoms with Crippen LogP contribution in [0.2, 0.25) is 0 Å². The Hall–Kier alpha value is -5.32. The third-order valence-corrected chi connectivity index (χ3v) is 9.25. The molecule has 8 rings (SSSR count). The molecule has 2 aliphatic rings. The first-order valence-corrected chi connectivity index (χ1v) is 17.6. The average molecular weight is 801 g/mol. The second-order valence-electron chi connectivity index (χ2n) is 12.4. The highest BCUT2D eigenvalue weighted by atomic mass is 79.9. The fraction of sp³-hybridized carbons (Fsp3) is 0.211. The average Bonchev–Trinajstić information content (AvgIpc) is 3.95. The molecule has 2 aromatic carbocycles. The summed E-state index contributed by atoms with van der Waals surface area (Å²) in [7, 11) is -1.38. The van der Waals surface area contributed by atoms with E-state index in [9.17, 15) is 17.6 Å². The summed E-state index contributed by atoms with van der Waals surface area (Å²) in [5.74, 6) is 0. The summed E-state index contributed by atoms with van der Waals surface area (Å²) < 4.78 is 54.0. The van der Waals surface area contributed by atoms with Crippen molar-refractivity contribution >= 4 is 40.9 Å². The van der Waals surface area contributed by atoms with E-state index in [4.69, 9.17) is 10.0 Å². The number of aliphatic imine (C=N–C) groups is 2. The maximum atomic E-state index is 13.0. The molecule has 2 N–H and O–H groups in total. The van der Waals surface area contributed by atoms with Crippen molar-refractivity contribution in [3.63, 3.8) is 0 Å². The predicted molar refractivity (Wildman–Crippen MR) is 204 cm³/mol. The monoisotopic (exact) mass is 800 g/mol. The number of benzene rings is 2. The summed E-state index contributed by atoms with van der Waals surface area (Å²) in [6.07, 6.45) is 1.55. The summed E-state index contributed by atoms with van der Waals surface area (Å²) in [5.41, 5.74) is 10.5. The molecule has 16 heteroatoms. The molecule has 6 heterocycles. The molecule has 0 saturated carbocycles. The molecular formula is C38H34BBrF4N8O2. The summed E-state index contributed by atoms with van der Waals surface area (Å²) in [6.45, 7) is 4.35. The third-order valence-electron chi connectivity index (χ3n) is 8.41. The van der Waals surface area contributed by atoms with Crippen LogP contribution in [0.25, 0.3) is 34.0 Å². The molecule has 4 aromatic heterocycles. The zero-order valence-electron chi connectivity index (χ0n) is 29.2. The fourth-order valence-electron chi connectivity index (χ4n) is 5.85. The van der Waals surface area contributed by atoms with E-state index in [2.05, 4.69) is 45.9 Å². The lowest BCUT2D eigenvalue weighted by Crippen LogP contribution is -2.30. The summed E-state index contributed by atoms with van der Waals surface area (Å²) in [5, 5.41) is 17.7. The van der Waals surface area contributed by atoms with E-state index in [0.717, 1.165) is 39.2 Å². The predicted octanol–water partition coefficient (Wildman–Crippen LogP) is 6.70. The highest BCUT2D eigenvalue weighted by Gasteiger charge is 2.20. The Morgan fingerprint density at radius 1 is 0.704 bits per heavy atom. The van der Waals surface area contributed by atoms with E-state index in [1.807, 2.05) is 74.7 Å². The van der Waals surface area contributed by atoms with Crippen LogP contribution in [-0.4, -0.2) is 71.5 Å². The summed E-state index contributed by atoms with van der Waals surface area (Å²) in [4.78, 5) is 25.6. The Morgan fingerprint density at radius 3 is 1.83 bits per heavy atom. The number of fused-ring (bicyclic) bond motifs is 2. The van der Waals surface area contributed by atoms with Crippen molar-refractivity contribution < 1.29 is 27.6 Å². The molecule has 276 valence electrons. The maximum Gasteiger partial charge on any atom is 0.488 e. The van der Waals surface area contributed by atoms with Crippen LogP contribution >= 0.6 is 15.9 Å². The maximum absolute atomic E-state index is 13.0. The van der Waals surface area contributed by atoms with E-state index in [1.165, 1.54) is 21.8 Å². The standard InChI is InChI=1S/C19H16F2N4.C11H10BrF2N3.C8H8BNO2/c1-12-3-2-4-16(24-12)18-19(25(11-23-18)10-17(20)21)13-5-6-14-8-22-9-15(14)7-13;1-7-3-2-4-8(16-7)10-11(12)17(6-15-10)5-9(13)14;11-9(12)8-2-1-6-4-10-5-7(6)3-8/h2-7,9,11,17H,8,10H2,1H3;2-4,6,9H,5H2,1H3;1-3,5,11-12H,4H2. The molecular weight excluding hydrogens is 767 g/mol. The van der Waals surface area contributed by atoms with Gasteiger partial charge in [-0.15, -0.1) is 0 Å². The number of imidazole rings is 2. The van der Waals surface area contributed by atoms with Crippen LogP contribution in [0.1, 0.15) is 33.6 Å². The lowest BCUT2D eigenvalue weighted by molar-refractivity contribution is 0.125. The first-order chi connectivity index (χ1) is 26.0. The lowest BCUT2D eigenvalue weighted by Gasteiger charge is -2.11. The normalized spacial score (nSPS) is 12.4. The van der Waals surface area contributed by atoms with E-state index in [-0.39, 0.29) is 6.54 Å². The van der Waals surface area contributed by atoms with Crippen molar-refractivity contribution in [3.8, 4) is 34.0 Å². The molecule has 0 fully saturated rings. The van der Waals surface area contributed by atoms with Crippen LogP contribution in [0.4, 0.5) is 17.6 Å². The SMILES string of the molecule is Cc1cccc(-c2ncn(CC(F)F)c2-c2ccc3c(c2)C=NC3)n1.Cc1cccc(-c2ncn(CC(F)F)c2Br)n1.OB(O)c1ccc2c(c1)C=NC2. The number of hydrogen-bond donors (Lipinski definition) is 2. The Labute approximate surface area is 317 Å². The van der Waals surface area contributed by atoms with Crippen molar-refractivity contribution in [3.05, 3.63) is 124 Å². The number of alkyl halides is 4. The van der Waals surface area contributed by atoms with Gasteiger partial charge in [-0.25, -0.2) is 27.5 Å². The van der Waals surface area contributed by atoms with Gasteiger partial charge in [-0.3, -0.25) is 20.0 Å². The third kappa shape index (κ3) is 9.24. The highest BCUT2D eigenvalue weighted by molar-refractivity contribution is 9.10. The molecule has 6 aromatic rings. The molecule has 0 unspecified atom stereocenters. The first kappa shape index (κ1) is 38.4. The number of pyridine rings is 2. The van der Waals surface area contributed by atoms with E-state index < -0.39 is 26.5 Å². The van der Waals surface area contributed by atoms with Crippen molar-refractivity contribution in [2.75, 3.05) is 0 Å². The number of aromatic nitrogens is 6. The van der Waals surface area contributed by atoms with Crippen molar-refractivity contribution in [2.45, 2.75) is 52.9 Å². The molecule has 54 heavy (non-hydrogen) atoms. The molecule has 10 nitrogen and oxygen atoms in total. The summed E-state index contributed by atoms with van der Waals surface area (Å²) >= 11 is 3.27. The van der Waals surface area contributed by atoms with Gasteiger partial charge in [0, 0.05) is 29.4 Å². The highest BCUT2D eigenvalue weighted by Crippen LogP contribution is 2.33. The first-order valence-electron chi connectivity index (χ1n) is 16.8. The Kier molecular flexibility index (Phi) is 12.2. The number of halogens is 5. The zero-order chi connectivity index (χ0) is 38.4. The molecule has 0 aliphatic carbocycles. The zero-order valence-corrected chi connectivity index (χ0v) is 30.7. The van der Waals surface area contributed by atoms with Crippen LogP contribution in [0, 0.1) is 13.8 Å². The minimum absolute atomic E-state index is 0.376. The topological polar surface area (TPSA) is 127 Å². The van der Waals surface area contributed by atoms with Crippen LogP contribution in [-0.2, 0) is 26.2 Å². The van der Waals surface area contributed by atoms with Gasteiger partial charge < -0.3 is 19.2 Å². The van der Waals surface area contributed by atoms with Crippen LogP contribution in [0.15, 0.2) is 100 Å². The second-order valence-corrected chi connectivity index (χ2v) is 13.2. The van der Waals surface area contributed by atoms with Crippen LogP contribution in [0.3, 0.4) is 0 Å².